The molecule has 0 bridgehead atoms. The van der Waals surface area contributed by atoms with Crippen LogP contribution in [0.15, 0.2) is 35.8 Å². The van der Waals surface area contributed by atoms with Gasteiger partial charge in [0.05, 0.1) is 0 Å². The molecule has 1 amide bonds. The second-order valence-electron chi connectivity index (χ2n) is 5.88. The molecule has 2 aromatic rings. The van der Waals surface area contributed by atoms with E-state index in [1.807, 2.05) is 23.1 Å². The molecule has 0 radical (unpaired) electrons. The van der Waals surface area contributed by atoms with E-state index in [1.165, 1.54) is 4.88 Å². The van der Waals surface area contributed by atoms with Crippen LogP contribution in [0.1, 0.15) is 24.1 Å². The lowest BCUT2D eigenvalue weighted by atomic mass is 10.0. The molecule has 122 valence electrons. The minimum Gasteiger partial charge on any atom is -0.355 e. The topological polar surface area (TPSA) is 49.3 Å². The fourth-order valence-corrected chi connectivity index (χ4v) is 3.72. The molecule has 1 aliphatic rings. The quantitative estimate of drug-likeness (QED) is 0.845. The van der Waals surface area contributed by atoms with E-state index in [0.717, 1.165) is 38.2 Å². The average Bonchev–Trinajstić information content (AvgIpc) is 3.13. The highest BCUT2D eigenvalue weighted by molar-refractivity contribution is 7.09. The Morgan fingerprint density at radius 3 is 2.83 bits per heavy atom. The SMILES string of the molecule is CN(c1cccnn1)C1CCN(C(=O)CCc2cccs2)CC1. The van der Waals surface area contributed by atoms with Gasteiger partial charge in [-0.1, -0.05) is 6.07 Å². The summed E-state index contributed by atoms with van der Waals surface area (Å²) in [5, 5.41) is 10.2. The number of likely N-dealkylation sites (tertiary alicyclic amines) is 1. The van der Waals surface area contributed by atoms with Crippen molar-refractivity contribution in [1.82, 2.24) is 15.1 Å². The molecule has 0 aromatic carbocycles. The largest absolute Gasteiger partial charge is 0.355 e. The molecule has 1 aliphatic heterocycles. The monoisotopic (exact) mass is 330 g/mol. The minimum absolute atomic E-state index is 0.277. The molecule has 0 unspecified atom stereocenters. The van der Waals surface area contributed by atoms with Crippen molar-refractivity contribution in [1.29, 1.82) is 0 Å². The van der Waals surface area contributed by atoms with E-state index in [2.05, 4.69) is 33.6 Å². The van der Waals surface area contributed by atoms with Crippen LogP contribution in [0.25, 0.3) is 0 Å². The number of hydrogen-bond acceptors (Lipinski definition) is 5. The molecular formula is C17H22N4OS. The Morgan fingerprint density at radius 1 is 1.35 bits per heavy atom. The fraction of sp³-hybridized carbons (Fsp3) is 0.471. The Hall–Kier alpha value is -1.95. The number of hydrogen-bond donors (Lipinski definition) is 0. The van der Waals surface area contributed by atoms with Crippen molar-refractivity contribution < 1.29 is 4.79 Å². The molecule has 1 saturated heterocycles. The van der Waals surface area contributed by atoms with Crippen molar-refractivity contribution in [2.75, 3.05) is 25.0 Å². The molecule has 23 heavy (non-hydrogen) atoms. The summed E-state index contributed by atoms with van der Waals surface area (Å²) in [6, 6.07) is 8.44. The van der Waals surface area contributed by atoms with E-state index in [1.54, 1.807) is 17.5 Å². The minimum atomic E-state index is 0.277. The van der Waals surface area contributed by atoms with Gasteiger partial charge in [-0.05, 0) is 42.8 Å². The number of aryl methyl sites for hydroxylation is 1. The third-order valence-corrected chi connectivity index (χ3v) is 5.39. The molecule has 1 fully saturated rings. The third-order valence-electron chi connectivity index (χ3n) is 4.45. The summed E-state index contributed by atoms with van der Waals surface area (Å²) >= 11 is 1.72. The van der Waals surface area contributed by atoms with Crippen LogP contribution >= 0.6 is 11.3 Å². The summed E-state index contributed by atoms with van der Waals surface area (Å²) < 4.78 is 0. The summed E-state index contributed by atoms with van der Waals surface area (Å²) in [5.74, 6) is 1.17. The number of carbonyl (C=O) groups is 1. The molecule has 0 aliphatic carbocycles. The van der Waals surface area contributed by atoms with E-state index in [9.17, 15) is 4.79 Å². The number of aromatic nitrogens is 2. The van der Waals surface area contributed by atoms with E-state index in [-0.39, 0.29) is 5.91 Å². The molecule has 6 heteroatoms. The number of thiophene rings is 1. The van der Waals surface area contributed by atoms with Crippen LogP contribution in [0.2, 0.25) is 0 Å². The maximum absolute atomic E-state index is 12.3. The fourth-order valence-electron chi connectivity index (χ4n) is 3.01. The Morgan fingerprint density at radius 2 is 2.17 bits per heavy atom. The van der Waals surface area contributed by atoms with Crippen molar-refractivity contribution in [3.63, 3.8) is 0 Å². The van der Waals surface area contributed by atoms with Crippen molar-refractivity contribution in [3.05, 3.63) is 40.7 Å². The molecule has 5 nitrogen and oxygen atoms in total. The number of rotatable bonds is 5. The third kappa shape index (κ3) is 4.07. The van der Waals surface area contributed by atoms with Crippen molar-refractivity contribution in [2.24, 2.45) is 0 Å². The van der Waals surface area contributed by atoms with E-state index in [4.69, 9.17) is 0 Å². The van der Waals surface area contributed by atoms with Crippen LogP contribution in [0, 0.1) is 0 Å². The number of nitrogens with zero attached hydrogens (tertiary/aromatic N) is 4. The first-order chi connectivity index (χ1) is 11.2. The van der Waals surface area contributed by atoms with Gasteiger partial charge in [-0.25, -0.2) is 0 Å². The first-order valence-electron chi connectivity index (χ1n) is 8.05. The van der Waals surface area contributed by atoms with Crippen LogP contribution in [0.5, 0.6) is 0 Å². The Kier molecular flexibility index (Phi) is 5.23. The zero-order valence-corrected chi connectivity index (χ0v) is 14.2. The summed E-state index contributed by atoms with van der Waals surface area (Å²) in [5.41, 5.74) is 0. The number of amides is 1. The highest BCUT2D eigenvalue weighted by Gasteiger charge is 2.25. The van der Waals surface area contributed by atoms with Gasteiger partial charge in [0.25, 0.3) is 0 Å². The first-order valence-corrected chi connectivity index (χ1v) is 8.92. The number of anilines is 1. The lowest BCUT2D eigenvalue weighted by Crippen LogP contribution is -2.46. The van der Waals surface area contributed by atoms with Crippen molar-refractivity contribution in [3.8, 4) is 0 Å². The van der Waals surface area contributed by atoms with Gasteiger partial charge in [0, 0.05) is 43.7 Å². The van der Waals surface area contributed by atoms with Crippen LogP contribution in [-0.4, -0.2) is 47.2 Å². The van der Waals surface area contributed by atoms with E-state index < -0.39 is 0 Å². The Bertz CT molecular complexity index is 609. The molecule has 2 aromatic heterocycles. The zero-order valence-electron chi connectivity index (χ0n) is 13.4. The average molecular weight is 330 g/mol. The molecule has 0 N–H and O–H groups in total. The van der Waals surface area contributed by atoms with Gasteiger partial charge >= 0.3 is 0 Å². The predicted octanol–water partition coefficient (Wildman–Crippen LogP) is 2.60. The second-order valence-corrected chi connectivity index (χ2v) is 6.92. The lowest BCUT2D eigenvalue weighted by Gasteiger charge is -2.37. The zero-order chi connectivity index (χ0) is 16.1. The van der Waals surface area contributed by atoms with Crippen LogP contribution in [0.3, 0.4) is 0 Å². The molecule has 3 heterocycles. The summed E-state index contributed by atoms with van der Waals surface area (Å²) in [4.78, 5) is 17.8. The van der Waals surface area contributed by atoms with Crippen LogP contribution in [-0.2, 0) is 11.2 Å². The van der Waals surface area contributed by atoms with E-state index >= 15 is 0 Å². The molecular weight excluding hydrogens is 308 g/mol. The van der Waals surface area contributed by atoms with Gasteiger partial charge in [0.15, 0.2) is 5.82 Å². The standard InChI is InChI=1S/C17H22N4OS/c1-20(16-5-2-10-18-19-16)14-8-11-21(12-9-14)17(22)7-6-15-4-3-13-23-15/h2-5,10,13-14H,6-9,11-12H2,1H3. The highest BCUT2D eigenvalue weighted by atomic mass is 32.1. The number of piperidine rings is 1. The normalized spacial score (nSPS) is 15.6. The molecule has 0 spiro atoms. The maximum atomic E-state index is 12.3. The summed E-state index contributed by atoms with van der Waals surface area (Å²) in [7, 11) is 2.06. The Labute approximate surface area is 140 Å². The first kappa shape index (κ1) is 15.9. The van der Waals surface area contributed by atoms with Crippen LogP contribution in [0.4, 0.5) is 5.82 Å². The van der Waals surface area contributed by atoms with Crippen molar-refractivity contribution in [2.45, 2.75) is 31.7 Å². The summed E-state index contributed by atoms with van der Waals surface area (Å²) in [6.07, 6.45) is 5.13. The molecule has 0 saturated carbocycles. The molecule has 0 atom stereocenters. The van der Waals surface area contributed by atoms with E-state index in [0.29, 0.717) is 12.5 Å². The predicted molar refractivity (Wildman–Crippen MR) is 92.7 cm³/mol. The van der Waals surface area contributed by atoms with Gasteiger partial charge in [-0.15, -0.1) is 16.4 Å². The lowest BCUT2D eigenvalue weighted by molar-refractivity contribution is -0.132. The van der Waals surface area contributed by atoms with Gasteiger partial charge in [-0.2, -0.15) is 5.10 Å². The highest BCUT2D eigenvalue weighted by Crippen LogP contribution is 2.21. The van der Waals surface area contributed by atoms with Crippen molar-refractivity contribution >= 4 is 23.1 Å². The maximum Gasteiger partial charge on any atom is 0.222 e. The second kappa shape index (κ2) is 7.55. The smallest absolute Gasteiger partial charge is 0.222 e. The molecule has 3 rings (SSSR count). The van der Waals surface area contributed by atoms with Gasteiger partial charge in [-0.3, -0.25) is 4.79 Å². The van der Waals surface area contributed by atoms with Crippen LogP contribution < -0.4 is 4.90 Å². The van der Waals surface area contributed by atoms with Gasteiger partial charge in [0.1, 0.15) is 0 Å². The Balaban J connectivity index is 1.47. The van der Waals surface area contributed by atoms with Gasteiger partial charge in [0.2, 0.25) is 5.91 Å². The summed E-state index contributed by atoms with van der Waals surface area (Å²) in [6.45, 7) is 1.66. The van der Waals surface area contributed by atoms with Gasteiger partial charge < -0.3 is 9.80 Å². The number of carbonyl (C=O) groups excluding carboxylic acids is 1.